The molecule has 0 atom stereocenters. The molecule has 2 rings (SSSR count). The Hall–Kier alpha value is -1.46. The Morgan fingerprint density at radius 3 is 2.73 bits per heavy atom. The lowest BCUT2D eigenvalue weighted by Crippen LogP contribution is -1.88. The fourth-order valence-corrected chi connectivity index (χ4v) is 2.27. The van der Waals surface area contributed by atoms with Crippen LogP contribution in [0.4, 0.5) is 4.39 Å². The first kappa shape index (κ1) is 10.1. The molecule has 2 heteroatoms. The molecule has 74 valence electrons. The molecule has 2 aromatic carbocycles. The topological polar surface area (TPSA) is 0 Å². The number of thioether (sulfide) groups is 1. The third-order valence-corrected chi connectivity index (χ3v) is 3.10. The summed E-state index contributed by atoms with van der Waals surface area (Å²) in [6.45, 7) is 0. The van der Waals surface area contributed by atoms with Crippen LogP contribution in [0.15, 0.2) is 35.2 Å². The van der Waals surface area contributed by atoms with E-state index in [2.05, 4.69) is 5.92 Å². The molecular weight excluding hydrogens is 207 g/mol. The molecule has 2 aromatic rings. The number of rotatable bonds is 1. The second-order valence-corrected chi connectivity index (χ2v) is 3.97. The van der Waals surface area contributed by atoms with Gasteiger partial charge in [0.15, 0.2) is 0 Å². The maximum absolute atomic E-state index is 13.5. The molecule has 0 amide bonds. The zero-order valence-electron chi connectivity index (χ0n) is 8.25. The van der Waals surface area contributed by atoms with Gasteiger partial charge in [0.05, 0.1) is 5.56 Å². The van der Waals surface area contributed by atoms with Crippen LogP contribution in [-0.2, 0) is 0 Å². The van der Waals surface area contributed by atoms with Crippen LogP contribution in [0.1, 0.15) is 5.56 Å². The summed E-state index contributed by atoms with van der Waals surface area (Å²) in [4.78, 5) is 1.01. The molecule has 0 bridgehead atoms. The van der Waals surface area contributed by atoms with E-state index in [0.29, 0.717) is 5.56 Å². The molecule has 0 aliphatic heterocycles. The Bertz CT molecular complexity index is 552. The Labute approximate surface area is 92.5 Å². The van der Waals surface area contributed by atoms with Crippen molar-refractivity contribution < 1.29 is 4.39 Å². The summed E-state index contributed by atoms with van der Waals surface area (Å²) >= 11 is 1.57. The van der Waals surface area contributed by atoms with Crippen LogP contribution >= 0.6 is 11.8 Å². The molecule has 15 heavy (non-hydrogen) atoms. The quantitative estimate of drug-likeness (QED) is 0.517. The van der Waals surface area contributed by atoms with Crippen molar-refractivity contribution in [2.45, 2.75) is 4.90 Å². The Kier molecular flexibility index (Phi) is 2.66. The van der Waals surface area contributed by atoms with Crippen molar-refractivity contribution in [2.75, 3.05) is 6.26 Å². The average Bonchev–Trinajstić information content (AvgIpc) is 2.28. The number of fused-ring (bicyclic) bond motifs is 1. The predicted octanol–water partition coefficient (Wildman–Crippen LogP) is 3.68. The van der Waals surface area contributed by atoms with E-state index in [-0.39, 0.29) is 5.82 Å². The number of benzene rings is 2. The maximum atomic E-state index is 13.5. The van der Waals surface area contributed by atoms with E-state index in [9.17, 15) is 4.39 Å². The van der Waals surface area contributed by atoms with Gasteiger partial charge in [-0.3, -0.25) is 0 Å². The number of terminal acetylenes is 1. The lowest BCUT2D eigenvalue weighted by Gasteiger charge is -2.06. The standard InChI is InChI=1S/C13H9FS/c1-3-10-11(14)8-7-9-5-4-6-12(15-2)13(9)10/h1,4-8H,2H3. The second kappa shape index (κ2) is 3.96. The fraction of sp³-hybridized carbons (Fsp3) is 0.0769. The van der Waals surface area contributed by atoms with Crippen molar-refractivity contribution >= 4 is 22.5 Å². The Balaban J connectivity index is 2.95. The molecule has 0 aromatic heterocycles. The highest BCUT2D eigenvalue weighted by molar-refractivity contribution is 7.98. The van der Waals surface area contributed by atoms with Crippen molar-refractivity contribution in [3.05, 3.63) is 41.7 Å². The monoisotopic (exact) mass is 216 g/mol. The van der Waals surface area contributed by atoms with Crippen LogP contribution in [-0.4, -0.2) is 6.26 Å². The van der Waals surface area contributed by atoms with Gasteiger partial charge in [-0.25, -0.2) is 4.39 Å². The summed E-state index contributed by atoms with van der Waals surface area (Å²) < 4.78 is 13.5. The number of halogens is 1. The molecule has 0 aliphatic carbocycles. The summed E-state index contributed by atoms with van der Waals surface area (Å²) in [5.74, 6) is 2.10. The van der Waals surface area contributed by atoms with Gasteiger partial charge in [-0.1, -0.05) is 24.1 Å². The molecule has 0 aliphatic rings. The molecule has 0 spiro atoms. The second-order valence-electron chi connectivity index (χ2n) is 3.13. The van der Waals surface area contributed by atoms with Crippen LogP contribution in [0, 0.1) is 18.2 Å². The third-order valence-electron chi connectivity index (χ3n) is 2.32. The summed E-state index contributed by atoms with van der Waals surface area (Å²) in [6, 6.07) is 9.02. The molecule has 0 saturated carbocycles. The minimum atomic E-state index is -0.327. The van der Waals surface area contributed by atoms with Crippen LogP contribution in [0.2, 0.25) is 0 Å². The van der Waals surface area contributed by atoms with Gasteiger partial charge in [0.2, 0.25) is 0 Å². The van der Waals surface area contributed by atoms with Gasteiger partial charge in [0, 0.05) is 10.3 Å². The van der Waals surface area contributed by atoms with Gasteiger partial charge in [-0.2, -0.15) is 0 Å². The third kappa shape index (κ3) is 1.60. The molecule has 0 N–H and O–H groups in total. The normalized spacial score (nSPS) is 10.2. The minimum Gasteiger partial charge on any atom is -0.206 e. The first-order valence-electron chi connectivity index (χ1n) is 4.49. The van der Waals surface area contributed by atoms with E-state index in [1.54, 1.807) is 17.8 Å². The van der Waals surface area contributed by atoms with E-state index >= 15 is 0 Å². The van der Waals surface area contributed by atoms with Crippen molar-refractivity contribution in [1.82, 2.24) is 0 Å². The molecule has 0 heterocycles. The average molecular weight is 216 g/mol. The van der Waals surface area contributed by atoms with E-state index in [0.717, 1.165) is 15.7 Å². The first-order chi connectivity index (χ1) is 7.27. The largest absolute Gasteiger partial charge is 0.206 e. The van der Waals surface area contributed by atoms with E-state index < -0.39 is 0 Å². The zero-order chi connectivity index (χ0) is 10.8. The van der Waals surface area contributed by atoms with Crippen LogP contribution in [0.25, 0.3) is 10.8 Å². The van der Waals surface area contributed by atoms with Crippen molar-refractivity contribution in [3.8, 4) is 12.3 Å². The smallest absolute Gasteiger partial charge is 0.139 e. The lowest BCUT2D eigenvalue weighted by atomic mass is 10.0. The van der Waals surface area contributed by atoms with Gasteiger partial charge in [0.1, 0.15) is 5.82 Å². The summed E-state index contributed by atoms with van der Waals surface area (Å²) in [7, 11) is 0. The molecule has 0 nitrogen and oxygen atoms in total. The summed E-state index contributed by atoms with van der Waals surface area (Å²) in [5, 5.41) is 1.82. The number of hydrogen-bond acceptors (Lipinski definition) is 1. The van der Waals surface area contributed by atoms with Gasteiger partial charge >= 0.3 is 0 Å². The molecular formula is C13H9FS. The summed E-state index contributed by atoms with van der Waals surface area (Å²) in [5.41, 5.74) is 0.359. The predicted molar refractivity (Wildman–Crippen MR) is 63.6 cm³/mol. The highest BCUT2D eigenvalue weighted by Gasteiger charge is 2.08. The lowest BCUT2D eigenvalue weighted by molar-refractivity contribution is 0.626. The molecule has 0 unspecified atom stereocenters. The fourth-order valence-electron chi connectivity index (χ4n) is 1.63. The molecule has 0 saturated heterocycles. The van der Waals surface area contributed by atoms with E-state index in [1.165, 1.54) is 6.07 Å². The van der Waals surface area contributed by atoms with Gasteiger partial charge in [0.25, 0.3) is 0 Å². The van der Waals surface area contributed by atoms with Gasteiger partial charge in [-0.05, 0) is 23.8 Å². The van der Waals surface area contributed by atoms with Gasteiger partial charge in [-0.15, -0.1) is 18.2 Å². The van der Waals surface area contributed by atoms with Gasteiger partial charge < -0.3 is 0 Å². The Morgan fingerprint density at radius 1 is 1.27 bits per heavy atom. The Morgan fingerprint density at radius 2 is 2.07 bits per heavy atom. The first-order valence-corrected chi connectivity index (χ1v) is 5.72. The highest BCUT2D eigenvalue weighted by atomic mass is 32.2. The van der Waals surface area contributed by atoms with Crippen LogP contribution < -0.4 is 0 Å². The van der Waals surface area contributed by atoms with Crippen molar-refractivity contribution in [2.24, 2.45) is 0 Å². The minimum absolute atomic E-state index is 0.327. The molecule has 0 fully saturated rings. The van der Waals surface area contributed by atoms with Crippen molar-refractivity contribution in [1.29, 1.82) is 0 Å². The van der Waals surface area contributed by atoms with E-state index in [4.69, 9.17) is 6.42 Å². The number of hydrogen-bond donors (Lipinski definition) is 0. The van der Waals surface area contributed by atoms with Crippen LogP contribution in [0.5, 0.6) is 0 Å². The van der Waals surface area contributed by atoms with Crippen LogP contribution in [0.3, 0.4) is 0 Å². The highest BCUT2D eigenvalue weighted by Crippen LogP contribution is 2.30. The zero-order valence-corrected chi connectivity index (χ0v) is 9.07. The van der Waals surface area contributed by atoms with E-state index in [1.807, 2.05) is 24.5 Å². The SMILES string of the molecule is C#Cc1c(F)ccc2cccc(SC)c12. The van der Waals surface area contributed by atoms with Crippen molar-refractivity contribution in [3.63, 3.8) is 0 Å². The molecule has 0 radical (unpaired) electrons. The maximum Gasteiger partial charge on any atom is 0.139 e. The summed E-state index contributed by atoms with van der Waals surface area (Å²) in [6.07, 6.45) is 7.30.